The molecule has 0 aromatic carbocycles. The van der Waals surface area contributed by atoms with Gasteiger partial charge in [-0.15, -0.1) is 0 Å². The molecule has 1 atom stereocenters. The third kappa shape index (κ3) is 1.31. The number of aryl methyl sites for hydroxylation is 1. The molecule has 0 amide bonds. The van der Waals surface area contributed by atoms with Crippen LogP contribution < -0.4 is 0 Å². The lowest BCUT2D eigenvalue weighted by atomic mass is 10.4. The minimum absolute atomic E-state index is 0.0203. The molecule has 1 unspecified atom stereocenters. The zero-order valence-electron chi connectivity index (χ0n) is 6.67. The Kier molecular flexibility index (Phi) is 1.43. The van der Waals surface area contributed by atoms with Crippen LogP contribution in [0.15, 0.2) is 6.20 Å². The summed E-state index contributed by atoms with van der Waals surface area (Å²) in [6.45, 7) is 2.02. The highest BCUT2D eigenvalue weighted by molar-refractivity contribution is 4.95. The zero-order chi connectivity index (χ0) is 8.77. The van der Waals surface area contributed by atoms with Gasteiger partial charge in [0.2, 0.25) is 0 Å². The fraction of sp³-hybridized carbons (Fsp3) is 0.714. The first-order valence-corrected chi connectivity index (χ1v) is 3.82. The maximum Gasteiger partial charge on any atom is 0.253 e. The van der Waals surface area contributed by atoms with E-state index < -0.39 is 11.8 Å². The van der Waals surface area contributed by atoms with Crippen molar-refractivity contribution >= 4 is 0 Å². The van der Waals surface area contributed by atoms with Gasteiger partial charge in [-0.25, -0.2) is 8.78 Å². The van der Waals surface area contributed by atoms with Gasteiger partial charge >= 0.3 is 0 Å². The van der Waals surface area contributed by atoms with Gasteiger partial charge in [-0.05, 0) is 6.92 Å². The topological polar surface area (TPSA) is 30.7 Å². The Balaban J connectivity index is 1.97. The van der Waals surface area contributed by atoms with E-state index in [0.29, 0.717) is 0 Å². The maximum atomic E-state index is 12.4. The molecular weight excluding hydrogens is 164 g/mol. The van der Waals surface area contributed by atoms with Crippen molar-refractivity contribution in [1.29, 1.82) is 0 Å². The van der Waals surface area contributed by atoms with Crippen LogP contribution >= 0.6 is 0 Å². The highest BCUT2D eigenvalue weighted by atomic mass is 19.3. The Morgan fingerprint density at radius 3 is 2.83 bits per heavy atom. The first-order valence-electron chi connectivity index (χ1n) is 3.82. The van der Waals surface area contributed by atoms with Gasteiger partial charge in [-0.2, -0.15) is 15.0 Å². The molecule has 1 saturated carbocycles. The number of rotatable bonds is 2. The number of alkyl halides is 2. The van der Waals surface area contributed by atoms with E-state index in [4.69, 9.17) is 0 Å². The van der Waals surface area contributed by atoms with E-state index in [1.807, 2.05) is 0 Å². The van der Waals surface area contributed by atoms with Crippen LogP contribution in [0, 0.1) is 12.8 Å². The lowest BCUT2D eigenvalue weighted by Crippen LogP contribution is -2.08. The predicted molar refractivity (Wildman–Crippen MR) is 37.8 cm³/mol. The molecule has 1 heterocycles. The molecule has 1 aromatic heterocycles. The minimum atomic E-state index is -2.47. The largest absolute Gasteiger partial charge is 0.253 e. The molecule has 0 spiro atoms. The average molecular weight is 173 g/mol. The van der Waals surface area contributed by atoms with Crippen molar-refractivity contribution in [2.75, 3.05) is 0 Å². The third-order valence-electron chi connectivity index (χ3n) is 1.99. The maximum absolute atomic E-state index is 12.4. The normalized spacial score (nSPS) is 25.8. The van der Waals surface area contributed by atoms with Gasteiger partial charge in [-0.3, -0.25) is 0 Å². The van der Waals surface area contributed by atoms with Crippen LogP contribution in [-0.4, -0.2) is 20.9 Å². The highest BCUT2D eigenvalue weighted by Gasteiger charge is 2.57. The number of nitrogens with zero attached hydrogens (tertiary/aromatic N) is 3. The third-order valence-corrected chi connectivity index (χ3v) is 1.99. The molecule has 0 bridgehead atoms. The minimum Gasteiger partial charge on any atom is -0.206 e. The molecule has 1 aliphatic carbocycles. The lowest BCUT2D eigenvalue weighted by Gasteiger charge is -1.96. The first-order chi connectivity index (χ1) is 5.58. The van der Waals surface area contributed by atoms with Crippen molar-refractivity contribution in [1.82, 2.24) is 15.0 Å². The van der Waals surface area contributed by atoms with Crippen LogP contribution in [0.25, 0.3) is 0 Å². The van der Waals surface area contributed by atoms with Crippen LogP contribution in [0.1, 0.15) is 12.1 Å². The summed E-state index contributed by atoms with van der Waals surface area (Å²) in [4.78, 5) is 1.33. The molecule has 12 heavy (non-hydrogen) atoms. The fourth-order valence-corrected chi connectivity index (χ4v) is 1.14. The van der Waals surface area contributed by atoms with E-state index in [0.717, 1.165) is 5.69 Å². The molecule has 1 aromatic rings. The zero-order valence-corrected chi connectivity index (χ0v) is 6.67. The monoisotopic (exact) mass is 173 g/mol. The van der Waals surface area contributed by atoms with Gasteiger partial charge in [-0.1, -0.05) is 0 Å². The standard InChI is InChI=1S/C7H9F2N3/c1-5-3-10-12(11-5)4-6-2-7(6,8)9/h3,6H,2,4H2,1H3. The van der Waals surface area contributed by atoms with E-state index in [9.17, 15) is 8.78 Å². The van der Waals surface area contributed by atoms with Crippen LogP contribution in [0.3, 0.4) is 0 Å². The molecule has 5 heteroatoms. The molecule has 1 aliphatic rings. The molecule has 0 N–H and O–H groups in total. The van der Waals surface area contributed by atoms with Gasteiger partial charge in [0.15, 0.2) is 0 Å². The van der Waals surface area contributed by atoms with E-state index in [2.05, 4.69) is 10.2 Å². The molecule has 66 valence electrons. The summed E-state index contributed by atoms with van der Waals surface area (Å²) in [7, 11) is 0. The van der Waals surface area contributed by atoms with Gasteiger partial charge < -0.3 is 0 Å². The Hall–Kier alpha value is -1.00. The molecule has 2 rings (SSSR count). The van der Waals surface area contributed by atoms with Gasteiger partial charge in [0.05, 0.1) is 18.4 Å². The molecular formula is C7H9F2N3. The number of aromatic nitrogens is 3. The summed E-state index contributed by atoms with van der Waals surface area (Å²) in [5.41, 5.74) is 0.763. The van der Waals surface area contributed by atoms with Crippen LogP contribution in [0.5, 0.6) is 0 Å². The van der Waals surface area contributed by atoms with Gasteiger partial charge in [0, 0.05) is 12.3 Å². The molecule has 0 saturated heterocycles. The Bertz CT molecular complexity index is 295. The molecule has 0 aliphatic heterocycles. The number of hydrogen-bond acceptors (Lipinski definition) is 2. The number of halogens is 2. The number of hydrogen-bond donors (Lipinski definition) is 0. The highest BCUT2D eigenvalue weighted by Crippen LogP contribution is 2.49. The second-order valence-corrected chi connectivity index (χ2v) is 3.20. The molecule has 0 radical (unpaired) electrons. The van der Waals surface area contributed by atoms with Gasteiger partial charge in [0.1, 0.15) is 0 Å². The SMILES string of the molecule is Cc1cnn(CC2CC2(F)F)n1. The lowest BCUT2D eigenvalue weighted by molar-refractivity contribution is 0.0931. The van der Waals surface area contributed by atoms with E-state index >= 15 is 0 Å². The van der Waals surface area contributed by atoms with Crippen molar-refractivity contribution in [3.8, 4) is 0 Å². The summed E-state index contributed by atoms with van der Waals surface area (Å²) < 4.78 is 24.8. The van der Waals surface area contributed by atoms with Crippen molar-refractivity contribution in [3.05, 3.63) is 11.9 Å². The smallest absolute Gasteiger partial charge is 0.206 e. The summed E-state index contributed by atoms with van der Waals surface area (Å²) in [6, 6.07) is 0. The van der Waals surface area contributed by atoms with E-state index in [1.54, 1.807) is 13.1 Å². The molecule has 3 nitrogen and oxygen atoms in total. The second kappa shape index (κ2) is 2.24. The summed E-state index contributed by atoms with van der Waals surface area (Å²) in [6.07, 6.45) is 1.55. The van der Waals surface area contributed by atoms with Crippen molar-refractivity contribution in [2.45, 2.75) is 25.8 Å². The Morgan fingerprint density at radius 2 is 2.42 bits per heavy atom. The Labute approximate surface area is 68.4 Å². The summed E-state index contributed by atoms with van der Waals surface area (Å²) in [5, 5.41) is 7.76. The summed E-state index contributed by atoms with van der Waals surface area (Å²) in [5.74, 6) is -3.02. The Morgan fingerprint density at radius 1 is 1.75 bits per heavy atom. The first kappa shape index (κ1) is 7.64. The van der Waals surface area contributed by atoms with Crippen LogP contribution in [0.2, 0.25) is 0 Å². The fourth-order valence-electron chi connectivity index (χ4n) is 1.14. The predicted octanol–water partition coefficient (Wildman–Crippen LogP) is 1.24. The van der Waals surface area contributed by atoms with E-state index in [1.165, 1.54) is 4.80 Å². The average Bonchev–Trinajstić information content (AvgIpc) is 2.41. The van der Waals surface area contributed by atoms with Crippen molar-refractivity contribution in [2.24, 2.45) is 5.92 Å². The van der Waals surface area contributed by atoms with Crippen LogP contribution in [-0.2, 0) is 6.54 Å². The molecule has 1 fully saturated rings. The van der Waals surface area contributed by atoms with Crippen molar-refractivity contribution < 1.29 is 8.78 Å². The van der Waals surface area contributed by atoms with Crippen molar-refractivity contribution in [3.63, 3.8) is 0 Å². The quantitative estimate of drug-likeness (QED) is 0.673. The van der Waals surface area contributed by atoms with Crippen LogP contribution in [0.4, 0.5) is 8.78 Å². The van der Waals surface area contributed by atoms with E-state index in [-0.39, 0.29) is 13.0 Å². The van der Waals surface area contributed by atoms with Gasteiger partial charge in [0.25, 0.3) is 5.92 Å². The second-order valence-electron chi connectivity index (χ2n) is 3.20. The summed E-state index contributed by atoms with van der Waals surface area (Å²) >= 11 is 0.